The van der Waals surface area contributed by atoms with Gasteiger partial charge in [0.25, 0.3) is 0 Å². The number of hydrogen-bond donors (Lipinski definition) is 1. The number of carbonyl (C=O) groups is 2. The molecule has 5 nitrogen and oxygen atoms in total. The number of allylic oxidation sites excluding steroid dienone is 1. The minimum Gasteiger partial charge on any atom is -0.461 e. The van der Waals surface area contributed by atoms with E-state index in [1.54, 1.807) is 6.08 Å². The van der Waals surface area contributed by atoms with Crippen molar-refractivity contribution in [3.05, 3.63) is 11.6 Å². The molecule has 0 aromatic carbocycles. The Bertz CT molecular complexity index is 682. The molecule has 0 aliphatic heterocycles. The fourth-order valence-electron chi connectivity index (χ4n) is 6.63. The summed E-state index contributed by atoms with van der Waals surface area (Å²) < 4.78 is 5.34. The molecule has 0 spiro atoms. The van der Waals surface area contributed by atoms with Crippen LogP contribution in [0.15, 0.2) is 11.6 Å². The fourth-order valence-corrected chi connectivity index (χ4v) is 6.63. The molecule has 0 saturated heterocycles. The number of rotatable bonds is 4. The molecule has 5 heteroatoms. The molecular formula is C24H39NO4. The van der Waals surface area contributed by atoms with Gasteiger partial charge in [-0.15, -0.1) is 0 Å². The standard InChI is InChI=1S/C24H39NO4/c1-15-16(13-21(28)29-12-11-25(5)6)7-8-17-22(15)18(26)14-19-23(2,3)20(27)9-10-24(17,19)4/h13,15,17,19-20,22,27H,7-12,14H2,1-6H3/b16-13-. The quantitative estimate of drug-likeness (QED) is 0.573. The summed E-state index contributed by atoms with van der Waals surface area (Å²) in [5.74, 6) is 0.645. The molecule has 3 saturated carbocycles. The lowest BCUT2D eigenvalue weighted by molar-refractivity contribution is -0.172. The maximum atomic E-state index is 13.3. The third-order valence-corrected chi connectivity index (χ3v) is 8.52. The Morgan fingerprint density at radius 3 is 2.62 bits per heavy atom. The highest BCUT2D eigenvalue weighted by Crippen LogP contribution is 2.63. The first kappa shape index (κ1) is 22.5. The zero-order valence-electron chi connectivity index (χ0n) is 19.0. The Labute approximate surface area is 175 Å². The van der Waals surface area contributed by atoms with Gasteiger partial charge in [-0.2, -0.15) is 0 Å². The average Bonchev–Trinajstić information content (AvgIpc) is 2.63. The Kier molecular flexibility index (Phi) is 6.31. The molecule has 3 aliphatic carbocycles. The SMILES string of the molecule is CC1/C(=C\C(=O)OCCN(C)C)CCC2C1C(=O)CC1C(C)(C)C(O)CCC21C. The summed E-state index contributed by atoms with van der Waals surface area (Å²) >= 11 is 0. The number of Topliss-reactive ketones (excluding diaryl/α,β-unsaturated/α-hetero) is 1. The molecule has 0 aromatic rings. The van der Waals surface area contributed by atoms with Crippen LogP contribution in [0.25, 0.3) is 0 Å². The predicted octanol–water partition coefficient (Wildman–Crippen LogP) is 3.46. The highest BCUT2D eigenvalue weighted by atomic mass is 16.5. The number of likely N-dealkylation sites (N-methyl/N-ethyl adjacent to an activating group) is 1. The summed E-state index contributed by atoms with van der Waals surface area (Å²) in [5, 5.41) is 10.6. The van der Waals surface area contributed by atoms with E-state index in [9.17, 15) is 14.7 Å². The highest BCUT2D eigenvalue weighted by Gasteiger charge is 2.61. The summed E-state index contributed by atoms with van der Waals surface area (Å²) in [6.07, 6.45) is 5.44. The van der Waals surface area contributed by atoms with Gasteiger partial charge >= 0.3 is 5.97 Å². The Morgan fingerprint density at radius 2 is 1.97 bits per heavy atom. The second-order valence-electron chi connectivity index (χ2n) is 10.8. The first-order valence-electron chi connectivity index (χ1n) is 11.2. The van der Waals surface area contributed by atoms with E-state index < -0.39 is 0 Å². The topological polar surface area (TPSA) is 66.8 Å². The third kappa shape index (κ3) is 4.05. The molecule has 3 aliphatic rings. The van der Waals surface area contributed by atoms with Gasteiger partial charge in [0, 0.05) is 25.0 Å². The average molecular weight is 406 g/mol. The van der Waals surface area contributed by atoms with E-state index in [2.05, 4.69) is 27.7 Å². The van der Waals surface area contributed by atoms with E-state index in [0.29, 0.717) is 31.3 Å². The van der Waals surface area contributed by atoms with E-state index in [1.807, 2.05) is 19.0 Å². The molecule has 3 rings (SSSR count). The van der Waals surface area contributed by atoms with E-state index in [-0.39, 0.29) is 40.7 Å². The summed E-state index contributed by atoms with van der Waals surface area (Å²) in [6, 6.07) is 0. The van der Waals surface area contributed by atoms with Crippen molar-refractivity contribution >= 4 is 11.8 Å². The first-order chi connectivity index (χ1) is 13.5. The molecule has 0 amide bonds. The molecule has 0 aromatic heterocycles. The minimum absolute atomic E-state index is 0.0168. The van der Waals surface area contributed by atoms with Crippen LogP contribution in [0, 0.1) is 34.5 Å². The van der Waals surface area contributed by atoms with Crippen LogP contribution in [0.2, 0.25) is 0 Å². The number of ketones is 1. The zero-order valence-corrected chi connectivity index (χ0v) is 19.0. The van der Waals surface area contributed by atoms with Crippen molar-refractivity contribution in [2.24, 2.45) is 34.5 Å². The van der Waals surface area contributed by atoms with Gasteiger partial charge in [-0.25, -0.2) is 4.79 Å². The minimum atomic E-state index is -0.335. The molecule has 164 valence electrons. The second kappa shape index (κ2) is 8.14. The van der Waals surface area contributed by atoms with Crippen LogP contribution in [0.1, 0.15) is 59.8 Å². The van der Waals surface area contributed by atoms with Gasteiger partial charge in [0.2, 0.25) is 0 Å². The van der Waals surface area contributed by atoms with Crippen LogP contribution in [-0.4, -0.2) is 55.1 Å². The lowest BCUT2D eigenvalue weighted by Gasteiger charge is -2.62. The molecule has 0 heterocycles. The van der Waals surface area contributed by atoms with E-state index >= 15 is 0 Å². The second-order valence-corrected chi connectivity index (χ2v) is 10.8. The molecule has 29 heavy (non-hydrogen) atoms. The Balaban J connectivity index is 1.78. The van der Waals surface area contributed by atoms with Crippen LogP contribution in [-0.2, 0) is 14.3 Å². The zero-order chi connectivity index (χ0) is 21.6. The van der Waals surface area contributed by atoms with Gasteiger partial charge < -0.3 is 14.7 Å². The van der Waals surface area contributed by atoms with E-state index in [0.717, 1.165) is 31.3 Å². The predicted molar refractivity (Wildman–Crippen MR) is 113 cm³/mol. The number of fused-ring (bicyclic) bond motifs is 3. The number of aliphatic hydroxyl groups is 1. The van der Waals surface area contributed by atoms with Crippen molar-refractivity contribution in [3.8, 4) is 0 Å². The molecule has 0 bridgehead atoms. The van der Waals surface area contributed by atoms with Crippen molar-refractivity contribution in [3.63, 3.8) is 0 Å². The van der Waals surface area contributed by atoms with Gasteiger partial charge in [-0.3, -0.25) is 4.79 Å². The number of hydrogen-bond acceptors (Lipinski definition) is 5. The number of carbonyl (C=O) groups excluding carboxylic acids is 2. The van der Waals surface area contributed by atoms with Gasteiger partial charge in [-0.1, -0.05) is 33.3 Å². The highest BCUT2D eigenvalue weighted by molar-refractivity contribution is 5.86. The van der Waals surface area contributed by atoms with Crippen LogP contribution >= 0.6 is 0 Å². The van der Waals surface area contributed by atoms with Gasteiger partial charge in [-0.05, 0) is 68.4 Å². The maximum Gasteiger partial charge on any atom is 0.330 e. The van der Waals surface area contributed by atoms with Crippen LogP contribution in [0.5, 0.6) is 0 Å². The Hall–Kier alpha value is -1.20. The van der Waals surface area contributed by atoms with Crippen molar-refractivity contribution in [1.29, 1.82) is 0 Å². The number of aliphatic hydroxyl groups excluding tert-OH is 1. The molecule has 6 atom stereocenters. The van der Waals surface area contributed by atoms with Crippen LogP contribution < -0.4 is 0 Å². The van der Waals surface area contributed by atoms with E-state index in [1.165, 1.54) is 0 Å². The summed E-state index contributed by atoms with van der Waals surface area (Å²) in [5.41, 5.74) is 0.905. The first-order valence-corrected chi connectivity index (χ1v) is 11.2. The molecule has 3 fully saturated rings. The smallest absolute Gasteiger partial charge is 0.330 e. The van der Waals surface area contributed by atoms with Crippen molar-refractivity contribution in [2.45, 2.75) is 65.9 Å². The number of nitrogens with zero attached hydrogens (tertiary/aromatic N) is 1. The van der Waals surface area contributed by atoms with Gasteiger partial charge in [0.05, 0.1) is 6.10 Å². The van der Waals surface area contributed by atoms with Crippen LogP contribution in [0.4, 0.5) is 0 Å². The van der Waals surface area contributed by atoms with Crippen molar-refractivity contribution in [1.82, 2.24) is 4.90 Å². The Morgan fingerprint density at radius 1 is 1.28 bits per heavy atom. The maximum absolute atomic E-state index is 13.3. The van der Waals surface area contributed by atoms with Gasteiger partial charge in [0.15, 0.2) is 0 Å². The van der Waals surface area contributed by atoms with Crippen LogP contribution in [0.3, 0.4) is 0 Å². The largest absolute Gasteiger partial charge is 0.461 e. The third-order valence-electron chi connectivity index (χ3n) is 8.52. The lowest BCUT2D eigenvalue weighted by Crippen LogP contribution is -2.60. The number of esters is 1. The summed E-state index contributed by atoms with van der Waals surface area (Å²) in [4.78, 5) is 27.5. The fraction of sp³-hybridized carbons (Fsp3) is 0.833. The molecule has 0 radical (unpaired) electrons. The van der Waals surface area contributed by atoms with Crippen molar-refractivity contribution in [2.75, 3.05) is 27.2 Å². The van der Waals surface area contributed by atoms with Crippen molar-refractivity contribution < 1.29 is 19.4 Å². The normalized spacial score (nSPS) is 40.5. The molecular weight excluding hydrogens is 366 g/mol. The monoisotopic (exact) mass is 405 g/mol. The summed E-state index contributed by atoms with van der Waals surface area (Å²) in [6.45, 7) is 9.82. The summed E-state index contributed by atoms with van der Waals surface area (Å²) in [7, 11) is 3.90. The lowest BCUT2D eigenvalue weighted by atomic mass is 9.42. The van der Waals surface area contributed by atoms with E-state index in [4.69, 9.17) is 4.74 Å². The molecule has 6 unspecified atom stereocenters. The molecule has 1 N–H and O–H groups in total. The number of ether oxygens (including phenoxy) is 1. The van der Waals surface area contributed by atoms with Gasteiger partial charge in [0.1, 0.15) is 12.4 Å².